The maximum Gasteiger partial charge on any atom is 0.340 e. The lowest BCUT2D eigenvalue weighted by atomic mass is 10.2. The minimum atomic E-state index is -0.381. The minimum Gasteiger partial charge on any atom is -0.497 e. The number of fused-ring (bicyclic) bond motifs is 1. The first-order valence-electron chi connectivity index (χ1n) is 7.04. The number of para-hydroxylation sites is 1. The Hall–Kier alpha value is -2.47. The molecule has 0 fully saturated rings. The average molecular weight is 328 g/mol. The van der Waals surface area contributed by atoms with Crippen LogP contribution < -0.4 is 4.74 Å². The highest BCUT2D eigenvalue weighted by atomic mass is 32.2. The number of aromatic nitrogens is 2. The molecule has 0 saturated heterocycles. The van der Waals surface area contributed by atoms with Crippen molar-refractivity contribution >= 4 is 28.8 Å². The Bertz CT molecular complexity index is 827. The zero-order valence-electron chi connectivity index (χ0n) is 12.8. The lowest BCUT2D eigenvalue weighted by molar-refractivity contribution is 0.0603. The Kier molecular flexibility index (Phi) is 4.52. The molecule has 0 spiro atoms. The summed E-state index contributed by atoms with van der Waals surface area (Å²) in [5, 5.41) is 0.771. The van der Waals surface area contributed by atoms with Crippen LogP contribution in [0.15, 0.2) is 47.6 Å². The summed E-state index contributed by atoms with van der Waals surface area (Å²) >= 11 is 1.58. The lowest BCUT2D eigenvalue weighted by Gasteiger charge is -2.02. The molecule has 1 aromatic heterocycles. The van der Waals surface area contributed by atoms with Crippen molar-refractivity contribution < 1.29 is 14.3 Å². The van der Waals surface area contributed by atoms with Gasteiger partial charge in [0.05, 0.1) is 25.3 Å². The molecule has 23 heavy (non-hydrogen) atoms. The first kappa shape index (κ1) is 15.4. The van der Waals surface area contributed by atoms with Gasteiger partial charge in [-0.2, -0.15) is 0 Å². The van der Waals surface area contributed by atoms with Gasteiger partial charge < -0.3 is 14.5 Å². The van der Waals surface area contributed by atoms with Gasteiger partial charge in [-0.3, -0.25) is 0 Å². The molecular weight excluding hydrogens is 312 g/mol. The van der Waals surface area contributed by atoms with Crippen molar-refractivity contribution in [1.82, 2.24) is 9.97 Å². The van der Waals surface area contributed by atoms with Crippen molar-refractivity contribution in [2.75, 3.05) is 14.2 Å². The molecule has 0 bridgehead atoms. The number of carbonyl (C=O) groups is 1. The molecule has 5 nitrogen and oxygen atoms in total. The number of H-pyrrole nitrogens is 1. The molecule has 0 aliphatic carbocycles. The van der Waals surface area contributed by atoms with E-state index in [1.807, 2.05) is 36.4 Å². The number of ether oxygens (including phenoxy) is 2. The lowest BCUT2D eigenvalue weighted by Crippen LogP contribution is -2.01. The van der Waals surface area contributed by atoms with E-state index in [1.165, 1.54) is 12.7 Å². The van der Waals surface area contributed by atoms with E-state index in [2.05, 4.69) is 9.97 Å². The quantitative estimate of drug-likeness (QED) is 0.572. The number of carbonyl (C=O) groups excluding carboxylic acids is 1. The summed E-state index contributed by atoms with van der Waals surface area (Å²) in [6.07, 6.45) is 0. The summed E-state index contributed by atoms with van der Waals surface area (Å²) in [7, 11) is 3.02. The smallest absolute Gasteiger partial charge is 0.340 e. The molecule has 2 aromatic carbocycles. The topological polar surface area (TPSA) is 64.2 Å². The number of benzene rings is 2. The number of nitrogens with zero attached hydrogens (tertiary/aromatic N) is 1. The highest BCUT2D eigenvalue weighted by molar-refractivity contribution is 7.98. The van der Waals surface area contributed by atoms with E-state index in [0.717, 1.165) is 22.2 Å². The van der Waals surface area contributed by atoms with Crippen molar-refractivity contribution in [3.8, 4) is 5.75 Å². The molecule has 0 aliphatic heterocycles. The van der Waals surface area contributed by atoms with Gasteiger partial charge in [-0.25, -0.2) is 9.78 Å². The maximum atomic E-state index is 11.8. The van der Waals surface area contributed by atoms with Gasteiger partial charge in [-0.05, 0) is 29.8 Å². The second-order valence-corrected chi connectivity index (χ2v) is 5.84. The third-order valence-corrected chi connectivity index (χ3v) is 4.38. The highest BCUT2D eigenvalue weighted by Crippen LogP contribution is 2.25. The van der Waals surface area contributed by atoms with Crippen molar-refractivity contribution in [2.45, 2.75) is 10.9 Å². The number of imidazole rings is 1. The molecule has 6 heteroatoms. The largest absolute Gasteiger partial charge is 0.497 e. The maximum absolute atomic E-state index is 11.8. The number of esters is 1. The van der Waals surface area contributed by atoms with Crippen molar-refractivity contribution in [3.05, 3.63) is 53.6 Å². The summed E-state index contributed by atoms with van der Waals surface area (Å²) in [5.74, 6) is 1.23. The van der Waals surface area contributed by atoms with E-state index in [0.29, 0.717) is 11.1 Å². The van der Waals surface area contributed by atoms with Crippen molar-refractivity contribution in [2.24, 2.45) is 0 Å². The van der Waals surface area contributed by atoms with Crippen LogP contribution in [0.2, 0.25) is 0 Å². The number of hydrogen-bond acceptors (Lipinski definition) is 5. The molecule has 1 N–H and O–H groups in total. The number of rotatable bonds is 5. The first-order valence-corrected chi connectivity index (χ1v) is 8.02. The summed E-state index contributed by atoms with van der Waals surface area (Å²) in [6, 6.07) is 13.3. The predicted molar refractivity (Wildman–Crippen MR) is 90.0 cm³/mol. The Balaban J connectivity index is 1.79. The first-order chi connectivity index (χ1) is 11.2. The number of aromatic amines is 1. The van der Waals surface area contributed by atoms with Gasteiger partial charge in [0.1, 0.15) is 11.3 Å². The van der Waals surface area contributed by atoms with Gasteiger partial charge in [0.25, 0.3) is 0 Å². The summed E-state index contributed by atoms with van der Waals surface area (Å²) in [4.78, 5) is 19.5. The molecule has 0 atom stereocenters. The fourth-order valence-electron chi connectivity index (χ4n) is 2.23. The number of methoxy groups -OCH3 is 2. The third kappa shape index (κ3) is 3.32. The van der Waals surface area contributed by atoms with Gasteiger partial charge in [0.15, 0.2) is 5.16 Å². The van der Waals surface area contributed by atoms with E-state index < -0.39 is 0 Å². The van der Waals surface area contributed by atoms with Crippen LogP contribution in [0.4, 0.5) is 0 Å². The molecular formula is C17H16N2O3S. The minimum absolute atomic E-state index is 0.381. The van der Waals surface area contributed by atoms with E-state index >= 15 is 0 Å². The van der Waals surface area contributed by atoms with Crippen LogP contribution in [0, 0.1) is 0 Å². The molecule has 0 radical (unpaired) electrons. The Labute approximate surface area is 138 Å². The Morgan fingerprint density at radius 1 is 1.17 bits per heavy atom. The summed E-state index contributed by atoms with van der Waals surface area (Å²) in [5.41, 5.74) is 3.10. The second-order valence-electron chi connectivity index (χ2n) is 4.87. The molecule has 0 unspecified atom stereocenters. The van der Waals surface area contributed by atoms with Gasteiger partial charge >= 0.3 is 5.97 Å². The van der Waals surface area contributed by atoms with Crippen LogP contribution in [0.3, 0.4) is 0 Å². The van der Waals surface area contributed by atoms with Gasteiger partial charge in [0, 0.05) is 5.75 Å². The number of hydrogen-bond donors (Lipinski definition) is 1. The Morgan fingerprint density at radius 2 is 1.96 bits per heavy atom. The highest BCUT2D eigenvalue weighted by Gasteiger charge is 2.14. The van der Waals surface area contributed by atoms with E-state index in [9.17, 15) is 4.79 Å². The summed E-state index contributed by atoms with van der Waals surface area (Å²) in [6.45, 7) is 0. The second kappa shape index (κ2) is 6.75. The van der Waals surface area contributed by atoms with Crippen molar-refractivity contribution in [3.63, 3.8) is 0 Å². The molecule has 3 aromatic rings. The molecule has 0 saturated carbocycles. The molecule has 1 heterocycles. The van der Waals surface area contributed by atoms with Gasteiger partial charge in [-0.1, -0.05) is 30.0 Å². The van der Waals surface area contributed by atoms with Crippen LogP contribution in [-0.4, -0.2) is 30.2 Å². The zero-order chi connectivity index (χ0) is 16.2. The fraction of sp³-hybridized carbons (Fsp3) is 0.176. The summed E-state index contributed by atoms with van der Waals surface area (Å²) < 4.78 is 9.94. The van der Waals surface area contributed by atoms with Gasteiger partial charge in [0.2, 0.25) is 0 Å². The number of thioether (sulfide) groups is 1. The van der Waals surface area contributed by atoms with Crippen LogP contribution in [0.25, 0.3) is 11.0 Å². The Morgan fingerprint density at radius 3 is 2.65 bits per heavy atom. The van der Waals surface area contributed by atoms with Crippen LogP contribution >= 0.6 is 11.8 Å². The van der Waals surface area contributed by atoms with Gasteiger partial charge in [-0.15, -0.1) is 0 Å². The predicted octanol–water partition coefficient (Wildman–Crippen LogP) is 3.65. The van der Waals surface area contributed by atoms with E-state index in [1.54, 1.807) is 24.9 Å². The van der Waals surface area contributed by atoms with Crippen molar-refractivity contribution in [1.29, 1.82) is 0 Å². The third-order valence-electron chi connectivity index (χ3n) is 3.43. The van der Waals surface area contributed by atoms with Crippen LogP contribution in [0.5, 0.6) is 5.75 Å². The normalized spacial score (nSPS) is 10.7. The molecule has 3 rings (SSSR count). The molecule has 118 valence electrons. The monoisotopic (exact) mass is 328 g/mol. The number of nitrogens with one attached hydrogen (secondary N) is 1. The standard InChI is InChI=1S/C17H16N2O3S/c1-21-12-8-6-11(7-9-12)10-23-17-18-14-5-3-4-13(15(14)19-17)16(20)22-2/h3-9H,10H2,1-2H3,(H,18,19). The van der Waals surface area contributed by atoms with Crippen LogP contribution in [-0.2, 0) is 10.5 Å². The molecule has 0 aliphatic rings. The molecule has 0 amide bonds. The average Bonchev–Trinajstić information content (AvgIpc) is 3.02. The zero-order valence-corrected chi connectivity index (χ0v) is 13.6. The SMILES string of the molecule is COC(=O)c1cccc2[nH]c(SCc3ccc(OC)cc3)nc12. The fourth-order valence-corrected chi connectivity index (χ4v) is 3.06. The van der Waals surface area contributed by atoms with E-state index in [-0.39, 0.29) is 5.97 Å². The van der Waals surface area contributed by atoms with Crippen LogP contribution in [0.1, 0.15) is 15.9 Å². The van der Waals surface area contributed by atoms with E-state index in [4.69, 9.17) is 9.47 Å².